The summed E-state index contributed by atoms with van der Waals surface area (Å²) in [6.07, 6.45) is -1.93. The fourth-order valence-electron chi connectivity index (χ4n) is 3.33. The minimum atomic E-state index is -1.05. The van der Waals surface area contributed by atoms with Gasteiger partial charge >= 0.3 is 0 Å². The van der Waals surface area contributed by atoms with Crippen LogP contribution in [0.25, 0.3) is 0 Å². The Morgan fingerprint density at radius 1 is 0.750 bits per heavy atom. The molecule has 14 heteroatoms. The van der Waals surface area contributed by atoms with Gasteiger partial charge in [0.2, 0.25) is 11.8 Å². The van der Waals surface area contributed by atoms with Crippen molar-refractivity contribution in [3.8, 4) is 0 Å². The molecule has 0 aromatic heterocycles. The maximum absolute atomic E-state index is 13.5. The molecular weight excluding hydrogens is 815 g/mol. The summed E-state index contributed by atoms with van der Waals surface area (Å²) in [5.41, 5.74) is 0.985. The van der Waals surface area contributed by atoms with Crippen molar-refractivity contribution in [2.45, 2.75) is 38.9 Å². The van der Waals surface area contributed by atoms with E-state index in [0.29, 0.717) is 22.1 Å². The lowest BCUT2D eigenvalue weighted by Gasteiger charge is -2.32. The highest BCUT2D eigenvalue weighted by Gasteiger charge is 2.33. The van der Waals surface area contributed by atoms with Gasteiger partial charge in [0.25, 0.3) is 5.91 Å². The van der Waals surface area contributed by atoms with Crippen LogP contribution in [0.3, 0.4) is 0 Å². The Morgan fingerprint density at radius 3 is 1.44 bits per heavy atom. The van der Waals surface area contributed by atoms with Gasteiger partial charge in [-0.25, -0.2) is 0 Å². The van der Waals surface area contributed by atoms with Gasteiger partial charge in [-0.1, -0.05) is 0 Å². The van der Waals surface area contributed by atoms with Crippen LogP contribution < -0.4 is 9.80 Å². The van der Waals surface area contributed by atoms with Gasteiger partial charge in [0.15, 0.2) is 0 Å². The number of aliphatic hydroxyl groups is 5. The molecule has 1 rings (SSSR count). The lowest BCUT2D eigenvalue weighted by molar-refractivity contribution is -0.117. The molecular formula is C22H32I3N3O8. The summed E-state index contributed by atoms with van der Waals surface area (Å²) in [5.74, 6) is -1.15. The highest BCUT2D eigenvalue weighted by molar-refractivity contribution is 14.1. The van der Waals surface area contributed by atoms with Gasteiger partial charge in [-0.2, -0.15) is 0 Å². The van der Waals surface area contributed by atoms with Gasteiger partial charge in [-0.3, -0.25) is 14.4 Å². The number of hydrogen-bond donors (Lipinski definition) is 5. The third-order valence-corrected chi connectivity index (χ3v) is 8.48. The van der Waals surface area contributed by atoms with Crippen LogP contribution in [-0.4, -0.2) is 107 Å². The number of hydrogen-bond acceptors (Lipinski definition) is 8. The molecule has 5 N–H and O–H groups in total. The third kappa shape index (κ3) is 8.57. The maximum Gasteiger partial charge on any atom is 0.255 e. The van der Waals surface area contributed by atoms with E-state index in [4.69, 9.17) is 0 Å². The van der Waals surface area contributed by atoms with Crippen molar-refractivity contribution >= 4 is 96.9 Å². The summed E-state index contributed by atoms with van der Waals surface area (Å²) in [5, 5.41) is 47.5. The molecule has 0 spiro atoms. The van der Waals surface area contributed by atoms with Crippen LogP contribution in [0.15, 0.2) is 0 Å². The van der Waals surface area contributed by atoms with E-state index >= 15 is 0 Å². The average Bonchev–Trinajstić information content (AvgIpc) is 2.81. The van der Waals surface area contributed by atoms with Gasteiger partial charge in [0.05, 0.1) is 59.7 Å². The van der Waals surface area contributed by atoms with Crippen molar-refractivity contribution in [1.82, 2.24) is 4.90 Å². The van der Waals surface area contributed by atoms with Gasteiger partial charge < -0.3 is 40.2 Å². The smallest absolute Gasteiger partial charge is 0.255 e. The van der Waals surface area contributed by atoms with Crippen molar-refractivity contribution in [1.29, 1.82) is 0 Å². The second kappa shape index (κ2) is 15.9. The minimum Gasteiger partial charge on any atom is -0.395 e. The van der Waals surface area contributed by atoms with E-state index < -0.39 is 31.3 Å². The molecule has 3 amide bonds. The largest absolute Gasteiger partial charge is 0.395 e. The zero-order valence-corrected chi connectivity index (χ0v) is 26.7. The van der Waals surface area contributed by atoms with E-state index in [-0.39, 0.29) is 56.5 Å². The number of carbonyl (C=O) groups excluding carboxylic acids is 3. The van der Waals surface area contributed by atoms with E-state index in [2.05, 4.69) is 0 Å². The number of halogens is 3. The predicted octanol–water partition coefficient (Wildman–Crippen LogP) is 0.757. The van der Waals surface area contributed by atoms with Crippen LogP contribution in [-0.2, 0) is 9.59 Å². The number of carbonyl (C=O) groups is 3. The van der Waals surface area contributed by atoms with E-state index in [1.54, 1.807) is 0 Å². The lowest BCUT2D eigenvalue weighted by atomic mass is 10.1. The SMILES string of the molecule is CC(=O)N(CCC(O)CO)c1c(I)c(C(=O)N(C)CCO)c(I)c(N(CCC(O)CO)C(C)=O)c1I. The fourth-order valence-corrected chi connectivity index (χ4v) is 8.13. The molecule has 0 saturated carbocycles. The van der Waals surface area contributed by atoms with Crippen LogP contribution >= 0.6 is 67.8 Å². The summed E-state index contributed by atoms with van der Waals surface area (Å²) >= 11 is 5.97. The van der Waals surface area contributed by atoms with Crippen molar-refractivity contribution in [2.75, 3.05) is 56.3 Å². The number of nitrogens with zero attached hydrogens (tertiary/aromatic N) is 3. The first-order valence-electron chi connectivity index (χ1n) is 11.0. The van der Waals surface area contributed by atoms with E-state index in [9.17, 15) is 39.9 Å². The summed E-state index contributed by atoms with van der Waals surface area (Å²) in [6.45, 7) is 1.65. The molecule has 0 aliphatic carbocycles. The topological polar surface area (TPSA) is 162 Å². The maximum atomic E-state index is 13.5. The summed E-state index contributed by atoms with van der Waals surface area (Å²) in [4.78, 5) is 43.0. The van der Waals surface area contributed by atoms with Crippen molar-refractivity contribution in [2.24, 2.45) is 0 Å². The second-order valence-corrected chi connectivity index (χ2v) is 11.3. The fraction of sp³-hybridized carbons (Fsp3) is 0.591. The molecule has 2 unspecified atom stereocenters. The van der Waals surface area contributed by atoms with Crippen molar-refractivity contribution in [3.63, 3.8) is 0 Å². The quantitative estimate of drug-likeness (QED) is 0.182. The van der Waals surface area contributed by atoms with E-state index in [1.807, 2.05) is 67.8 Å². The van der Waals surface area contributed by atoms with Gasteiger partial charge in [-0.05, 0) is 80.6 Å². The van der Waals surface area contributed by atoms with Gasteiger partial charge in [-0.15, -0.1) is 0 Å². The molecule has 0 saturated heterocycles. The Labute approximate surface area is 251 Å². The summed E-state index contributed by atoms with van der Waals surface area (Å²) < 4.78 is 1.41. The first kappa shape index (κ1) is 33.6. The number of aliphatic hydroxyl groups excluding tert-OH is 5. The average molecular weight is 847 g/mol. The summed E-state index contributed by atoms with van der Waals surface area (Å²) in [6, 6.07) is 0. The first-order valence-corrected chi connectivity index (χ1v) is 14.3. The minimum absolute atomic E-state index is 0.0481. The van der Waals surface area contributed by atoms with Crippen molar-refractivity contribution < 1.29 is 39.9 Å². The molecule has 1 aromatic carbocycles. The monoisotopic (exact) mass is 847 g/mol. The van der Waals surface area contributed by atoms with Crippen LogP contribution in [0, 0.1) is 10.7 Å². The standard InChI is InChI=1S/C22H32I3N3O8/c1-12(32)27(6-4-14(34)10-30)20-17(23)16(22(36)26(3)8-9-29)18(24)21(19(20)25)28(13(2)33)7-5-15(35)11-31/h14-15,29-31,34-35H,4-11H2,1-3H3. The molecule has 0 heterocycles. The highest BCUT2D eigenvalue weighted by atomic mass is 127. The van der Waals surface area contributed by atoms with Crippen molar-refractivity contribution in [3.05, 3.63) is 16.3 Å². The third-order valence-electron chi connectivity index (χ3n) is 5.36. The second-order valence-electron chi connectivity index (χ2n) is 8.06. The lowest BCUT2D eigenvalue weighted by Crippen LogP contribution is -2.38. The number of benzene rings is 1. The molecule has 11 nitrogen and oxygen atoms in total. The Balaban J connectivity index is 3.93. The molecule has 0 fully saturated rings. The van der Waals surface area contributed by atoms with Crippen LogP contribution in [0.4, 0.5) is 11.4 Å². The molecule has 204 valence electrons. The normalized spacial score (nSPS) is 12.8. The predicted molar refractivity (Wildman–Crippen MR) is 160 cm³/mol. The zero-order chi connectivity index (χ0) is 27.7. The number of rotatable bonds is 13. The zero-order valence-electron chi connectivity index (χ0n) is 20.2. The molecule has 0 radical (unpaired) electrons. The number of amides is 3. The number of anilines is 2. The van der Waals surface area contributed by atoms with E-state index in [1.165, 1.54) is 35.6 Å². The Kier molecular flexibility index (Phi) is 14.9. The first-order chi connectivity index (χ1) is 16.8. The highest BCUT2D eigenvalue weighted by Crippen LogP contribution is 2.43. The molecule has 0 bridgehead atoms. The van der Waals surface area contributed by atoms with Crippen LogP contribution in [0.1, 0.15) is 37.0 Å². The number of likely N-dealkylation sites (N-methyl/N-ethyl adjacent to an activating group) is 1. The van der Waals surface area contributed by atoms with Crippen LogP contribution in [0.5, 0.6) is 0 Å². The summed E-state index contributed by atoms with van der Waals surface area (Å²) in [7, 11) is 1.53. The van der Waals surface area contributed by atoms with E-state index in [0.717, 1.165) is 0 Å². The van der Waals surface area contributed by atoms with Gasteiger partial charge in [0.1, 0.15) is 0 Å². The Bertz CT molecular complexity index is 891. The van der Waals surface area contributed by atoms with Crippen LogP contribution in [0.2, 0.25) is 0 Å². The Morgan fingerprint density at radius 2 is 1.14 bits per heavy atom. The molecule has 0 aliphatic heterocycles. The van der Waals surface area contributed by atoms with Gasteiger partial charge in [0, 0.05) is 40.5 Å². The molecule has 2 atom stereocenters. The molecule has 36 heavy (non-hydrogen) atoms. The Hall–Kier alpha value is -0.380. The molecule has 0 aliphatic rings. The molecule has 1 aromatic rings.